The van der Waals surface area contributed by atoms with Crippen molar-refractivity contribution in [1.29, 1.82) is 0 Å². The van der Waals surface area contributed by atoms with Crippen molar-refractivity contribution in [3.63, 3.8) is 0 Å². The highest BCUT2D eigenvalue weighted by molar-refractivity contribution is 7.89. The molecular formula is C18H29N3O3S. The maximum atomic E-state index is 12.6. The minimum Gasteiger partial charge on any atom is -0.383 e. The van der Waals surface area contributed by atoms with E-state index in [-0.39, 0.29) is 6.04 Å². The Bertz CT molecular complexity index is 657. The van der Waals surface area contributed by atoms with Crippen LogP contribution in [0.4, 0.5) is 0 Å². The lowest BCUT2D eigenvalue weighted by atomic mass is 10.1. The average Bonchev–Trinajstić information content (AvgIpc) is 2.99. The fraction of sp³-hybridized carbons (Fsp3) is 0.667. The molecule has 1 unspecified atom stereocenters. The number of rotatable bonds is 8. The van der Waals surface area contributed by atoms with Crippen molar-refractivity contribution in [3.8, 4) is 0 Å². The summed E-state index contributed by atoms with van der Waals surface area (Å²) >= 11 is 0. The van der Waals surface area contributed by atoms with Crippen LogP contribution >= 0.6 is 0 Å². The van der Waals surface area contributed by atoms with E-state index in [2.05, 4.69) is 10.2 Å². The topological polar surface area (TPSA) is 61.9 Å². The number of hydrogen-bond acceptors (Lipinski definition) is 5. The summed E-state index contributed by atoms with van der Waals surface area (Å²) in [6, 6.07) is 7.35. The van der Waals surface area contributed by atoms with Gasteiger partial charge in [-0.3, -0.25) is 0 Å². The highest BCUT2D eigenvalue weighted by Crippen LogP contribution is 2.22. The highest BCUT2D eigenvalue weighted by atomic mass is 32.2. The maximum absolute atomic E-state index is 12.6. The van der Waals surface area contributed by atoms with Gasteiger partial charge < -0.3 is 15.0 Å². The Balaban J connectivity index is 1.40. The van der Waals surface area contributed by atoms with Crippen LogP contribution < -0.4 is 5.32 Å². The molecule has 0 radical (unpaired) electrons. The molecule has 0 bridgehead atoms. The number of nitrogens with zero attached hydrogens (tertiary/aromatic N) is 2. The number of nitrogens with one attached hydrogen (secondary N) is 1. The normalized spacial score (nSPS) is 23.0. The molecule has 2 saturated heterocycles. The minimum absolute atomic E-state index is 0.272. The molecule has 0 aliphatic carbocycles. The van der Waals surface area contributed by atoms with Crippen molar-refractivity contribution < 1.29 is 13.2 Å². The van der Waals surface area contributed by atoms with Gasteiger partial charge in [-0.15, -0.1) is 0 Å². The molecule has 0 aromatic heterocycles. The van der Waals surface area contributed by atoms with E-state index in [0.29, 0.717) is 23.9 Å². The Kier molecular flexibility index (Phi) is 6.12. The zero-order chi connectivity index (χ0) is 17.9. The van der Waals surface area contributed by atoms with Crippen LogP contribution in [0.15, 0.2) is 29.2 Å². The number of methoxy groups -OCH3 is 1. The Labute approximate surface area is 151 Å². The number of likely N-dealkylation sites (tertiary alicyclic amines) is 1. The zero-order valence-electron chi connectivity index (χ0n) is 15.1. The minimum atomic E-state index is -3.34. The Morgan fingerprint density at radius 1 is 1.20 bits per heavy atom. The number of ether oxygens (including phenoxy) is 1. The van der Waals surface area contributed by atoms with Gasteiger partial charge in [-0.1, -0.05) is 17.7 Å². The van der Waals surface area contributed by atoms with Crippen LogP contribution in [0.5, 0.6) is 0 Å². The molecule has 1 atom stereocenters. The second kappa shape index (κ2) is 8.14. The smallest absolute Gasteiger partial charge is 0.243 e. The van der Waals surface area contributed by atoms with Gasteiger partial charge in [-0.05, 0) is 44.5 Å². The van der Waals surface area contributed by atoms with Crippen LogP contribution in [-0.4, -0.2) is 76.6 Å². The quantitative estimate of drug-likeness (QED) is 0.741. The molecule has 140 valence electrons. The molecule has 2 heterocycles. The van der Waals surface area contributed by atoms with E-state index < -0.39 is 10.0 Å². The largest absolute Gasteiger partial charge is 0.383 e. The second-order valence-corrected chi connectivity index (χ2v) is 9.13. The van der Waals surface area contributed by atoms with Crippen molar-refractivity contribution >= 4 is 10.0 Å². The Morgan fingerprint density at radius 2 is 1.92 bits per heavy atom. The predicted octanol–water partition coefficient (Wildman–Crippen LogP) is 0.926. The third-order valence-corrected chi connectivity index (χ3v) is 7.03. The van der Waals surface area contributed by atoms with Crippen molar-refractivity contribution in [2.24, 2.45) is 5.92 Å². The molecule has 2 aliphatic rings. The van der Waals surface area contributed by atoms with Crippen molar-refractivity contribution in [3.05, 3.63) is 29.8 Å². The number of sulfonamides is 1. The fourth-order valence-electron chi connectivity index (χ4n) is 3.46. The molecule has 0 saturated carbocycles. The van der Waals surface area contributed by atoms with Gasteiger partial charge in [-0.2, -0.15) is 4.31 Å². The summed E-state index contributed by atoms with van der Waals surface area (Å²) in [7, 11) is -1.60. The number of aryl methyl sites for hydroxylation is 1. The van der Waals surface area contributed by atoms with Crippen LogP contribution in [-0.2, 0) is 14.8 Å². The van der Waals surface area contributed by atoms with Crippen LogP contribution in [0, 0.1) is 12.8 Å². The molecule has 0 spiro atoms. The number of benzene rings is 1. The summed E-state index contributed by atoms with van der Waals surface area (Å²) in [4.78, 5) is 2.83. The molecule has 7 heteroatoms. The van der Waals surface area contributed by atoms with Gasteiger partial charge in [-0.25, -0.2) is 8.42 Å². The Morgan fingerprint density at radius 3 is 2.60 bits per heavy atom. The first kappa shape index (κ1) is 18.8. The molecule has 2 aliphatic heterocycles. The van der Waals surface area contributed by atoms with Gasteiger partial charge >= 0.3 is 0 Å². The van der Waals surface area contributed by atoms with Crippen molar-refractivity contribution in [1.82, 2.24) is 14.5 Å². The monoisotopic (exact) mass is 367 g/mol. The number of hydrogen-bond donors (Lipinski definition) is 1. The first-order valence-electron chi connectivity index (χ1n) is 9.00. The molecule has 1 aromatic rings. The van der Waals surface area contributed by atoms with Gasteiger partial charge in [0.05, 0.1) is 11.5 Å². The summed E-state index contributed by atoms with van der Waals surface area (Å²) in [5.41, 5.74) is 1.07. The van der Waals surface area contributed by atoms with E-state index in [1.54, 1.807) is 23.5 Å². The van der Waals surface area contributed by atoms with Gasteiger partial charge in [0.25, 0.3) is 0 Å². The SMILES string of the molecule is COCCN1CCC(CNC2CN(S(=O)(=O)c3ccc(C)cc3)C2)C1. The van der Waals surface area contributed by atoms with E-state index in [0.717, 1.165) is 38.3 Å². The maximum Gasteiger partial charge on any atom is 0.243 e. The third-order valence-electron chi connectivity index (χ3n) is 5.18. The van der Waals surface area contributed by atoms with Crippen LogP contribution in [0.3, 0.4) is 0 Å². The van der Waals surface area contributed by atoms with Crippen molar-refractivity contribution in [2.75, 3.05) is 53.0 Å². The van der Waals surface area contributed by atoms with Crippen molar-refractivity contribution in [2.45, 2.75) is 24.3 Å². The van der Waals surface area contributed by atoms with E-state index in [9.17, 15) is 8.42 Å². The lowest BCUT2D eigenvalue weighted by molar-refractivity contribution is 0.158. The predicted molar refractivity (Wildman–Crippen MR) is 98.2 cm³/mol. The second-order valence-electron chi connectivity index (χ2n) is 7.19. The highest BCUT2D eigenvalue weighted by Gasteiger charge is 2.36. The summed E-state index contributed by atoms with van der Waals surface area (Å²) in [5, 5.41) is 3.54. The molecule has 6 nitrogen and oxygen atoms in total. The fourth-order valence-corrected chi connectivity index (χ4v) is 4.99. The van der Waals surface area contributed by atoms with Crippen LogP contribution in [0.1, 0.15) is 12.0 Å². The Hall–Kier alpha value is -0.990. The lowest BCUT2D eigenvalue weighted by Gasteiger charge is -2.39. The zero-order valence-corrected chi connectivity index (χ0v) is 16.0. The summed E-state index contributed by atoms with van der Waals surface area (Å²) in [6.45, 7) is 8.08. The average molecular weight is 368 g/mol. The first-order valence-corrected chi connectivity index (χ1v) is 10.4. The van der Waals surface area contributed by atoms with Crippen LogP contribution in [0.25, 0.3) is 0 Å². The molecule has 25 heavy (non-hydrogen) atoms. The van der Waals surface area contributed by atoms with Crippen LogP contribution in [0.2, 0.25) is 0 Å². The lowest BCUT2D eigenvalue weighted by Crippen LogP contribution is -2.60. The third kappa shape index (κ3) is 4.60. The summed E-state index contributed by atoms with van der Waals surface area (Å²) in [5.74, 6) is 0.652. The molecule has 2 fully saturated rings. The molecule has 1 N–H and O–H groups in total. The standard InChI is InChI=1S/C18H29N3O3S/c1-15-3-5-18(6-4-15)25(22,23)21-13-17(14-21)19-11-16-7-8-20(12-16)9-10-24-2/h3-6,16-17,19H,7-14H2,1-2H3. The molecule has 1 aromatic carbocycles. The molecule has 3 rings (SSSR count). The molecular weight excluding hydrogens is 338 g/mol. The van der Waals surface area contributed by atoms with E-state index in [1.165, 1.54) is 6.42 Å². The van der Waals surface area contributed by atoms with Gasteiger partial charge in [0, 0.05) is 39.3 Å². The van der Waals surface area contributed by atoms with Gasteiger partial charge in [0.2, 0.25) is 10.0 Å². The summed E-state index contributed by atoms with van der Waals surface area (Å²) < 4.78 is 31.8. The molecule has 0 amide bonds. The van der Waals surface area contributed by atoms with Gasteiger partial charge in [0.15, 0.2) is 0 Å². The first-order chi connectivity index (χ1) is 12.0. The van der Waals surface area contributed by atoms with E-state index in [1.807, 2.05) is 19.1 Å². The van der Waals surface area contributed by atoms with E-state index in [4.69, 9.17) is 4.74 Å². The van der Waals surface area contributed by atoms with Gasteiger partial charge in [0.1, 0.15) is 0 Å². The van der Waals surface area contributed by atoms with E-state index >= 15 is 0 Å². The summed E-state index contributed by atoms with van der Waals surface area (Å²) in [6.07, 6.45) is 1.20.